The number of aromatic nitrogens is 4. The monoisotopic (exact) mass is 416 g/mol. The first-order valence-electron chi connectivity index (χ1n) is 9.19. The Kier molecular flexibility index (Phi) is 5.26. The van der Waals surface area contributed by atoms with Crippen LogP contribution in [0.5, 0.6) is 0 Å². The first-order valence-corrected chi connectivity index (χ1v) is 9.19. The van der Waals surface area contributed by atoms with Gasteiger partial charge >= 0.3 is 0 Å². The molecule has 2 heterocycles. The Bertz CT molecular complexity index is 1130. The Balaban J connectivity index is 1.50. The van der Waals surface area contributed by atoms with Gasteiger partial charge in [0, 0.05) is 0 Å². The second kappa shape index (κ2) is 8.32. The topological polar surface area (TPSA) is 211 Å². The molecule has 31 heavy (non-hydrogen) atoms. The van der Waals surface area contributed by atoms with Crippen LogP contribution in [-0.2, 0) is 6.42 Å². The Morgan fingerprint density at radius 2 is 1.10 bits per heavy atom. The van der Waals surface area contributed by atoms with Gasteiger partial charge in [0.25, 0.3) is 0 Å². The van der Waals surface area contributed by atoms with Crippen molar-refractivity contribution < 1.29 is 0 Å². The first kappa shape index (κ1) is 19.6. The van der Waals surface area contributed by atoms with Gasteiger partial charge in [-0.2, -0.15) is 20.4 Å². The molecule has 0 bridgehead atoms. The van der Waals surface area contributed by atoms with Crippen LogP contribution in [0.25, 0.3) is 0 Å². The fourth-order valence-electron chi connectivity index (χ4n) is 2.85. The highest BCUT2D eigenvalue weighted by Gasteiger charge is 2.08. The number of nitrogens with zero attached hydrogens (tertiary/aromatic N) is 6. The molecule has 4 aromatic rings. The molecule has 0 aliphatic carbocycles. The summed E-state index contributed by atoms with van der Waals surface area (Å²) in [5.74, 6) is 0.925. The summed E-state index contributed by atoms with van der Waals surface area (Å²) in [4.78, 5) is 0. The number of hydrogen-bond donors (Lipinski definition) is 6. The van der Waals surface area contributed by atoms with Gasteiger partial charge in [-0.25, -0.2) is 0 Å². The van der Waals surface area contributed by atoms with Gasteiger partial charge in [0.2, 0.25) is 0 Å². The highest BCUT2D eigenvalue weighted by atomic mass is 15.3. The second-order valence-electron chi connectivity index (χ2n) is 6.66. The van der Waals surface area contributed by atoms with E-state index >= 15 is 0 Å². The molecular formula is C19H20N12. The Labute approximate surface area is 176 Å². The van der Waals surface area contributed by atoms with E-state index in [0.29, 0.717) is 29.2 Å². The van der Waals surface area contributed by atoms with E-state index in [4.69, 9.17) is 22.9 Å². The molecule has 10 N–H and O–H groups in total. The molecule has 0 saturated carbocycles. The van der Waals surface area contributed by atoms with E-state index in [-0.39, 0.29) is 23.3 Å². The summed E-state index contributed by atoms with van der Waals surface area (Å²) in [6, 6.07) is 15.3. The normalized spacial score (nSPS) is 11.6. The number of azo groups is 2. The molecule has 4 rings (SSSR count). The molecule has 0 radical (unpaired) electrons. The van der Waals surface area contributed by atoms with E-state index in [1.54, 1.807) is 0 Å². The van der Waals surface area contributed by atoms with Crippen molar-refractivity contribution in [3.05, 3.63) is 59.7 Å². The van der Waals surface area contributed by atoms with Gasteiger partial charge in [0.1, 0.15) is 11.6 Å². The van der Waals surface area contributed by atoms with Crippen LogP contribution in [0.15, 0.2) is 69.0 Å². The quantitative estimate of drug-likeness (QED) is 0.256. The Morgan fingerprint density at radius 3 is 1.48 bits per heavy atom. The molecule has 12 nitrogen and oxygen atoms in total. The zero-order valence-corrected chi connectivity index (χ0v) is 16.3. The van der Waals surface area contributed by atoms with Crippen molar-refractivity contribution in [2.24, 2.45) is 20.5 Å². The molecule has 0 saturated heterocycles. The number of anilines is 4. The fraction of sp³-hybridized carbons (Fsp3) is 0.0526. The maximum Gasteiger partial charge on any atom is 0.175 e. The molecule has 156 valence electrons. The van der Waals surface area contributed by atoms with Crippen molar-refractivity contribution in [1.29, 1.82) is 0 Å². The summed E-state index contributed by atoms with van der Waals surface area (Å²) in [5.41, 5.74) is 27.0. The molecule has 0 unspecified atom stereocenters. The lowest BCUT2D eigenvalue weighted by molar-refractivity contribution is 1.11. The minimum Gasteiger partial charge on any atom is -0.382 e. The van der Waals surface area contributed by atoms with Gasteiger partial charge in [-0.3, -0.25) is 10.2 Å². The largest absolute Gasteiger partial charge is 0.382 e. The third-order valence-electron chi connectivity index (χ3n) is 4.35. The summed E-state index contributed by atoms with van der Waals surface area (Å²) in [6.45, 7) is 0. The first-order chi connectivity index (χ1) is 15.0. The van der Waals surface area contributed by atoms with E-state index in [9.17, 15) is 0 Å². The van der Waals surface area contributed by atoms with Gasteiger partial charge in [-0.15, -0.1) is 10.2 Å². The zero-order valence-electron chi connectivity index (χ0n) is 16.3. The zero-order chi connectivity index (χ0) is 21.8. The fourth-order valence-corrected chi connectivity index (χ4v) is 2.85. The standard InChI is InChI=1S/C19H20N12/c20-16-14(17(21)29-28-16)26-24-12-5-1-3-10(8-12)7-11-4-2-6-13(9-11)25-27-15-18(22)30-31-19(15)23/h1-6,8-9H,7H2,(H5,20,21,28,29)(H5,22,23,30,31)/b26-24+,27-25+. The molecule has 0 aliphatic heterocycles. The molecule has 0 amide bonds. The second-order valence-corrected chi connectivity index (χ2v) is 6.66. The molecule has 2 aromatic carbocycles. The molecule has 0 aliphatic rings. The van der Waals surface area contributed by atoms with Gasteiger partial charge in [0.15, 0.2) is 23.0 Å². The maximum atomic E-state index is 5.74. The van der Waals surface area contributed by atoms with Crippen molar-refractivity contribution in [1.82, 2.24) is 20.4 Å². The minimum atomic E-state index is 0.197. The van der Waals surface area contributed by atoms with Gasteiger partial charge in [-0.05, 0) is 41.8 Å². The van der Waals surface area contributed by atoms with E-state index in [2.05, 4.69) is 40.9 Å². The van der Waals surface area contributed by atoms with Gasteiger partial charge in [-0.1, -0.05) is 24.3 Å². The molecule has 0 atom stereocenters. The van der Waals surface area contributed by atoms with E-state index in [1.165, 1.54) is 0 Å². The molecular weight excluding hydrogens is 396 g/mol. The lowest BCUT2D eigenvalue weighted by atomic mass is 10.0. The van der Waals surface area contributed by atoms with Crippen molar-refractivity contribution in [3.63, 3.8) is 0 Å². The Morgan fingerprint density at radius 1 is 0.645 bits per heavy atom. The van der Waals surface area contributed by atoms with E-state index in [1.807, 2.05) is 48.5 Å². The summed E-state index contributed by atoms with van der Waals surface area (Å²) < 4.78 is 0. The summed E-state index contributed by atoms with van der Waals surface area (Å²) >= 11 is 0. The lowest BCUT2D eigenvalue weighted by Crippen LogP contribution is -1.87. The van der Waals surface area contributed by atoms with Crippen LogP contribution in [0.4, 0.5) is 46.0 Å². The number of nitrogens with two attached hydrogens (primary N) is 4. The number of aromatic amines is 2. The smallest absolute Gasteiger partial charge is 0.175 e. The number of hydrogen-bond acceptors (Lipinski definition) is 10. The van der Waals surface area contributed by atoms with Crippen molar-refractivity contribution in [2.45, 2.75) is 6.42 Å². The summed E-state index contributed by atoms with van der Waals surface area (Å²) in [7, 11) is 0. The van der Waals surface area contributed by atoms with E-state index < -0.39 is 0 Å². The van der Waals surface area contributed by atoms with Crippen LogP contribution >= 0.6 is 0 Å². The van der Waals surface area contributed by atoms with Crippen LogP contribution in [0.2, 0.25) is 0 Å². The van der Waals surface area contributed by atoms with Crippen LogP contribution in [0.3, 0.4) is 0 Å². The average Bonchev–Trinajstić information content (AvgIpc) is 3.25. The number of benzene rings is 2. The van der Waals surface area contributed by atoms with Crippen LogP contribution in [0.1, 0.15) is 11.1 Å². The summed E-state index contributed by atoms with van der Waals surface area (Å²) in [5, 5.41) is 29.3. The average molecular weight is 416 g/mol. The summed E-state index contributed by atoms with van der Waals surface area (Å²) in [6.07, 6.45) is 0.665. The van der Waals surface area contributed by atoms with Crippen LogP contribution in [0, 0.1) is 0 Å². The van der Waals surface area contributed by atoms with Gasteiger partial charge < -0.3 is 22.9 Å². The predicted octanol–water partition coefficient (Wildman–Crippen LogP) is 3.88. The number of H-pyrrole nitrogens is 2. The van der Waals surface area contributed by atoms with E-state index in [0.717, 1.165) is 11.1 Å². The maximum absolute atomic E-state index is 5.74. The molecule has 12 heteroatoms. The number of rotatable bonds is 6. The lowest BCUT2D eigenvalue weighted by Gasteiger charge is -2.04. The number of nitrogen functional groups attached to an aromatic ring is 4. The Hall–Kier alpha value is -4.74. The predicted molar refractivity (Wildman–Crippen MR) is 119 cm³/mol. The van der Waals surface area contributed by atoms with Crippen molar-refractivity contribution >= 4 is 46.0 Å². The van der Waals surface area contributed by atoms with Crippen molar-refractivity contribution in [3.8, 4) is 0 Å². The third-order valence-corrected chi connectivity index (χ3v) is 4.35. The molecule has 0 fully saturated rings. The third kappa shape index (κ3) is 4.48. The highest BCUT2D eigenvalue weighted by Crippen LogP contribution is 2.30. The van der Waals surface area contributed by atoms with Crippen LogP contribution < -0.4 is 22.9 Å². The molecule has 2 aromatic heterocycles. The highest BCUT2D eigenvalue weighted by molar-refractivity contribution is 5.71. The molecule has 0 spiro atoms. The minimum absolute atomic E-state index is 0.197. The number of nitrogens with one attached hydrogen (secondary N) is 2. The van der Waals surface area contributed by atoms with Crippen molar-refractivity contribution in [2.75, 3.05) is 22.9 Å². The SMILES string of the molecule is Nc1n[nH]c(N)c1/N=N/c1cccc(Cc2cccc(/N=N/c3c(N)n[nH]c3N)c2)c1. The van der Waals surface area contributed by atoms with Crippen LogP contribution in [-0.4, -0.2) is 20.4 Å². The van der Waals surface area contributed by atoms with Gasteiger partial charge in [0.05, 0.1) is 11.4 Å².